The highest BCUT2D eigenvalue weighted by Crippen LogP contribution is 2.41. The maximum Gasteiger partial charge on any atom is 0.0593 e. The van der Waals surface area contributed by atoms with Gasteiger partial charge in [-0.3, -0.25) is 0 Å². The molecule has 0 spiro atoms. The molecule has 0 aliphatic rings. The molecule has 3 heteroatoms. The molecular formula is C23H22Cl2S. The van der Waals surface area contributed by atoms with Crippen LogP contribution in [0.2, 0.25) is 10.0 Å². The van der Waals surface area contributed by atoms with Gasteiger partial charge in [0.15, 0.2) is 0 Å². The fourth-order valence-corrected chi connectivity index (χ4v) is 4.18. The van der Waals surface area contributed by atoms with E-state index in [1.807, 2.05) is 36.0 Å². The van der Waals surface area contributed by atoms with Crippen LogP contribution in [0.15, 0.2) is 77.7 Å². The van der Waals surface area contributed by atoms with Crippen LogP contribution in [-0.4, -0.2) is 0 Å². The molecule has 0 aromatic heterocycles. The van der Waals surface area contributed by atoms with Crippen molar-refractivity contribution in [2.45, 2.75) is 36.3 Å². The zero-order valence-corrected chi connectivity index (χ0v) is 17.5. The van der Waals surface area contributed by atoms with Crippen molar-refractivity contribution in [2.24, 2.45) is 0 Å². The zero-order valence-electron chi connectivity index (χ0n) is 15.2. The van der Waals surface area contributed by atoms with Gasteiger partial charge in [0.05, 0.1) is 5.25 Å². The number of thioether (sulfide) groups is 1. The Morgan fingerprint density at radius 1 is 0.654 bits per heavy atom. The third-order valence-electron chi connectivity index (χ3n) is 4.32. The van der Waals surface area contributed by atoms with Crippen molar-refractivity contribution >= 4 is 35.0 Å². The van der Waals surface area contributed by atoms with Crippen LogP contribution >= 0.6 is 35.0 Å². The molecule has 26 heavy (non-hydrogen) atoms. The van der Waals surface area contributed by atoms with Crippen LogP contribution in [0.25, 0.3) is 0 Å². The first-order valence-corrected chi connectivity index (χ1v) is 10.2. The van der Waals surface area contributed by atoms with Crippen molar-refractivity contribution in [1.82, 2.24) is 0 Å². The van der Waals surface area contributed by atoms with E-state index in [4.69, 9.17) is 23.2 Å². The minimum absolute atomic E-state index is 0.162. The van der Waals surface area contributed by atoms with E-state index in [0.29, 0.717) is 0 Å². The van der Waals surface area contributed by atoms with E-state index < -0.39 is 0 Å². The summed E-state index contributed by atoms with van der Waals surface area (Å²) in [6.45, 7) is 6.71. The molecule has 0 atom stereocenters. The Kier molecular flexibility index (Phi) is 6.02. The molecule has 3 aromatic rings. The maximum atomic E-state index is 6.08. The summed E-state index contributed by atoms with van der Waals surface area (Å²) in [5.74, 6) is 0. The first-order valence-electron chi connectivity index (χ1n) is 8.61. The smallest absolute Gasteiger partial charge is 0.0593 e. The topological polar surface area (TPSA) is 0 Å². The summed E-state index contributed by atoms with van der Waals surface area (Å²) < 4.78 is 0. The molecule has 0 saturated heterocycles. The third-order valence-corrected chi connectivity index (χ3v) is 6.15. The quantitative estimate of drug-likeness (QED) is 0.397. The van der Waals surface area contributed by atoms with E-state index in [2.05, 4.69) is 69.3 Å². The molecule has 0 N–H and O–H groups in total. The lowest BCUT2D eigenvalue weighted by Gasteiger charge is -2.21. The molecule has 0 amide bonds. The first kappa shape index (κ1) is 19.4. The summed E-state index contributed by atoms with van der Waals surface area (Å²) in [7, 11) is 0. The normalized spacial score (nSPS) is 11.8. The van der Waals surface area contributed by atoms with Gasteiger partial charge in [-0.25, -0.2) is 0 Å². The highest BCUT2D eigenvalue weighted by atomic mass is 35.5. The van der Waals surface area contributed by atoms with Gasteiger partial charge in [-0.15, -0.1) is 11.8 Å². The van der Waals surface area contributed by atoms with Crippen LogP contribution in [-0.2, 0) is 5.41 Å². The van der Waals surface area contributed by atoms with Crippen molar-refractivity contribution in [2.75, 3.05) is 0 Å². The second-order valence-corrected chi connectivity index (χ2v) is 9.43. The zero-order chi connectivity index (χ0) is 18.7. The lowest BCUT2D eigenvalue weighted by Crippen LogP contribution is -2.10. The minimum atomic E-state index is 0.162. The second-order valence-electron chi connectivity index (χ2n) is 7.38. The van der Waals surface area contributed by atoms with Crippen LogP contribution < -0.4 is 0 Å². The van der Waals surface area contributed by atoms with E-state index in [1.54, 1.807) is 0 Å². The van der Waals surface area contributed by atoms with Crippen molar-refractivity contribution in [3.05, 3.63) is 99.5 Å². The van der Waals surface area contributed by atoms with Gasteiger partial charge in [-0.05, 0) is 58.5 Å². The number of hydrogen-bond acceptors (Lipinski definition) is 1. The highest BCUT2D eigenvalue weighted by molar-refractivity contribution is 7.99. The molecule has 0 nitrogen and oxygen atoms in total. The summed E-state index contributed by atoms with van der Waals surface area (Å²) in [6.07, 6.45) is 0. The Morgan fingerprint density at radius 3 is 1.46 bits per heavy atom. The summed E-state index contributed by atoms with van der Waals surface area (Å²) in [5, 5.41) is 1.69. The second kappa shape index (κ2) is 8.08. The summed E-state index contributed by atoms with van der Waals surface area (Å²) in [5.41, 5.74) is 3.95. The van der Waals surface area contributed by atoms with Gasteiger partial charge in [-0.2, -0.15) is 0 Å². The average molecular weight is 401 g/mol. The lowest BCUT2D eigenvalue weighted by atomic mass is 9.87. The van der Waals surface area contributed by atoms with Crippen molar-refractivity contribution < 1.29 is 0 Å². The van der Waals surface area contributed by atoms with Gasteiger partial charge in [0.1, 0.15) is 0 Å². The number of hydrogen-bond donors (Lipinski definition) is 0. The van der Waals surface area contributed by atoms with Crippen molar-refractivity contribution in [3.63, 3.8) is 0 Å². The molecule has 0 aliphatic carbocycles. The van der Waals surface area contributed by atoms with Gasteiger partial charge in [-0.1, -0.05) is 80.4 Å². The number of halogens is 2. The molecule has 0 fully saturated rings. The molecular weight excluding hydrogens is 379 g/mol. The first-order chi connectivity index (χ1) is 12.3. The number of benzene rings is 3. The van der Waals surface area contributed by atoms with E-state index in [-0.39, 0.29) is 10.7 Å². The van der Waals surface area contributed by atoms with E-state index >= 15 is 0 Å². The summed E-state index contributed by atoms with van der Waals surface area (Å²) in [6, 6.07) is 25.0. The molecule has 0 heterocycles. The van der Waals surface area contributed by atoms with Crippen LogP contribution in [0.1, 0.15) is 42.7 Å². The minimum Gasteiger partial charge on any atom is -0.113 e. The molecule has 134 valence electrons. The Balaban J connectivity index is 1.93. The molecule has 0 saturated carbocycles. The maximum absolute atomic E-state index is 6.08. The molecule has 0 unspecified atom stereocenters. The van der Waals surface area contributed by atoms with E-state index in [9.17, 15) is 0 Å². The largest absolute Gasteiger partial charge is 0.113 e. The molecule has 0 radical (unpaired) electrons. The fraction of sp³-hybridized carbons (Fsp3) is 0.217. The third kappa shape index (κ3) is 4.85. The van der Waals surface area contributed by atoms with Crippen molar-refractivity contribution in [1.29, 1.82) is 0 Å². The van der Waals surface area contributed by atoms with Gasteiger partial charge in [0, 0.05) is 14.9 Å². The standard InChI is InChI=1S/C23H22Cl2S/c1-23(2,3)18-8-14-21(15-9-18)26-22(16-4-10-19(24)11-5-16)17-6-12-20(25)13-7-17/h4-15,22H,1-3H3. The monoisotopic (exact) mass is 400 g/mol. The summed E-state index contributed by atoms with van der Waals surface area (Å²) in [4.78, 5) is 1.24. The highest BCUT2D eigenvalue weighted by Gasteiger charge is 2.17. The predicted octanol–water partition coefficient (Wildman–Crippen LogP) is 8.17. The average Bonchev–Trinajstić information content (AvgIpc) is 2.61. The molecule has 0 aliphatic heterocycles. The SMILES string of the molecule is CC(C)(C)c1ccc(SC(c2ccc(Cl)cc2)c2ccc(Cl)cc2)cc1. The summed E-state index contributed by atoms with van der Waals surface area (Å²) >= 11 is 14.0. The molecule has 0 bridgehead atoms. The Labute approximate surface area is 170 Å². The van der Waals surface area contributed by atoms with Crippen LogP contribution in [0.4, 0.5) is 0 Å². The fourth-order valence-electron chi connectivity index (χ4n) is 2.77. The molecule has 3 aromatic carbocycles. The van der Waals surface area contributed by atoms with E-state index in [1.165, 1.54) is 21.6 Å². The van der Waals surface area contributed by atoms with Gasteiger partial charge in [0.25, 0.3) is 0 Å². The lowest BCUT2D eigenvalue weighted by molar-refractivity contribution is 0.590. The Hall–Kier alpha value is -1.41. The molecule has 3 rings (SSSR count). The van der Waals surface area contributed by atoms with E-state index in [0.717, 1.165) is 10.0 Å². The Bertz CT molecular complexity index is 799. The van der Waals surface area contributed by atoms with Crippen LogP contribution in [0.3, 0.4) is 0 Å². The van der Waals surface area contributed by atoms with Crippen LogP contribution in [0.5, 0.6) is 0 Å². The van der Waals surface area contributed by atoms with Gasteiger partial charge < -0.3 is 0 Å². The van der Waals surface area contributed by atoms with Gasteiger partial charge >= 0.3 is 0 Å². The van der Waals surface area contributed by atoms with Crippen molar-refractivity contribution in [3.8, 4) is 0 Å². The van der Waals surface area contributed by atoms with Crippen LogP contribution in [0, 0.1) is 0 Å². The predicted molar refractivity (Wildman–Crippen MR) is 116 cm³/mol. The van der Waals surface area contributed by atoms with Gasteiger partial charge in [0.2, 0.25) is 0 Å². The Morgan fingerprint density at radius 2 is 1.08 bits per heavy atom. The number of rotatable bonds is 4.